The van der Waals surface area contributed by atoms with E-state index in [0.717, 1.165) is 13.0 Å². The Hall–Kier alpha value is -0.860. The standard InChI is InChI=1S/C6H10N2O/c1-2-3-8-4-6(9)7-5-8/h5H,2-4H2,1H3. The average Bonchev–Trinajstić information content (AvgIpc) is 2.17. The molecule has 0 aliphatic carbocycles. The Morgan fingerprint density at radius 3 is 3.11 bits per heavy atom. The molecule has 1 rings (SSSR count). The van der Waals surface area contributed by atoms with Gasteiger partial charge in [-0.1, -0.05) is 6.92 Å². The Morgan fingerprint density at radius 1 is 1.89 bits per heavy atom. The molecule has 0 N–H and O–H groups in total. The zero-order valence-corrected chi connectivity index (χ0v) is 5.50. The van der Waals surface area contributed by atoms with Crippen molar-refractivity contribution in [3.63, 3.8) is 0 Å². The van der Waals surface area contributed by atoms with Crippen LogP contribution in [-0.4, -0.2) is 30.2 Å². The van der Waals surface area contributed by atoms with E-state index in [0.29, 0.717) is 6.54 Å². The molecule has 0 fully saturated rings. The van der Waals surface area contributed by atoms with Gasteiger partial charge in [0, 0.05) is 6.54 Å². The average molecular weight is 126 g/mol. The lowest BCUT2D eigenvalue weighted by Crippen LogP contribution is -2.21. The topological polar surface area (TPSA) is 32.7 Å². The van der Waals surface area contributed by atoms with Gasteiger partial charge in [0.1, 0.15) is 6.54 Å². The predicted octanol–water partition coefficient (Wildman–Crippen LogP) is 0.267. The van der Waals surface area contributed by atoms with Crippen molar-refractivity contribution >= 4 is 12.2 Å². The van der Waals surface area contributed by atoms with Crippen LogP contribution in [0.4, 0.5) is 0 Å². The minimum Gasteiger partial charge on any atom is -0.353 e. The normalized spacial score (nSPS) is 17.4. The van der Waals surface area contributed by atoms with E-state index in [4.69, 9.17) is 0 Å². The summed E-state index contributed by atoms with van der Waals surface area (Å²) in [5.74, 6) is -0.0246. The second-order valence-corrected chi connectivity index (χ2v) is 2.11. The Bertz CT molecular complexity index is 142. The van der Waals surface area contributed by atoms with E-state index < -0.39 is 0 Å². The Morgan fingerprint density at radius 2 is 2.67 bits per heavy atom. The molecular weight excluding hydrogens is 116 g/mol. The molecule has 0 aromatic heterocycles. The molecule has 3 nitrogen and oxygen atoms in total. The molecule has 3 heteroatoms. The molecule has 0 saturated carbocycles. The first-order chi connectivity index (χ1) is 4.33. The summed E-state index contributed by atoms with van der Waals surface area (Å²) >= 11 is 0. The van der Waals surface area contributed by atoms with E-state index in [1.54, 1.807) is 6.34 Å². The number of nitrogens with zero attached hydrogens (tertiary/aromatic N) is 2. The van der Waals surface area contributed by atoms with Gasteiger partial charge in [-0.25, -0.2) is 4.99 Å². The molecule has 0 aromatic carbocycles. The Labute approximate surface area is 54.4 Å². The van der Waals surface area contributed by atoms with Crippen molar-refractivity contribution in [3.05, 3.63) is 0 Å². The summed E-state index contributed by atoms with van der Waals surface area (Å²) in [6.45, 7) is 3.50. The molecule has 9 heavy (non-hydrogen) atoms. The maximum atomic E-state index is 10.5. The van der Waals surface area contributed by atoms with Crippen LogP contribution in [0.25, 0.3) is 0 Å². The molecule has 0 saturated heterocycles. The highest BCUT2D eigenvalue weighted by atomic mass is 16.1. The number of carbonyl (C=O) groups excluding carboxylic acids is 1. The first kappa shape index (κ1) is 6.26. The van der Waals surface area contributed by atoms with Crippen LogP contribution in [0.2, 0.25) is 0 Å². The number of amides is 1. The fourth-order valence-corrected chi connectivity index (χ4v) is 0.825. The number of hydrogen-bond acceptors (Lipinski definition) is 2. The SMILES string of the molecule is CCCN1C=NC(=O)C1. The fourth-order valence-electron chi connectivity index (χ4n) is 0.825. The molecule has 1 aliphatic heterocycles. The summed E-state index contributed by atoms with van der Waals surface area (Å²) in [4.78, 5) is 16.0. The van der Waals surface area contributed by atoms with Gasteiger partial charge in [0.15, 0.2) is 0 Å². The van der Waals surface area contributed by atoms with Crippen LogP contribution in [0.15, 0.2) is 4.99 Å². The van der Waals surface area contributed by atoms with Crippen molar-refractivity contribution in [2.75, 3.05) is 13.1 Å². The number of aliphatic imine (C=N–C) groups is 1. The monoisotopic (exact) mass is 126 g/mol. The van der Waals surface area contributed by atoms with E-state index in [1.165, 1.54) is 0 Å². The van der Waals surface area contributed by atoms with Crippen molar-refractivity contribution in [1.82, 2.24) is 4.90 Å². The van der Waals surface area contributed by atoms with Crippen LogP contribution >= 0.6 is 0 Å². The third-order valence-electron chi connectivity index (χ3n) is 1.21. The highest BCUT2D eigenvalue weighted by Crippen LogP contribution is 1.95. The Balaban J connectivity index is 2.32. The quantitative estimate of drug-likeness (QED) is 0.532. The van der Waals surface area contributed by atoms with Gasteiger partial charge < -0.3 is 4.90 Å². The van der Waals surface area contributed by atoms with E-state index in [1.807, 2.05) is 4.90 Å². The van der Waals surface area contributed by atoms with Crippen LogP contribution in [0, 0.1) is 0 Å². The maximum Gasteiger partial charge on any atom is 0.266 e. The molecule has 1 heterocycles. The zero-order chi connectivity index (χ0) is 6.69. The molecule has 0 radical (unpaired) electrons. The lowest BCUT2D eigenvalue weighted by molar-refractivity contribution is -0.117. The predicted molar refractivity (Wildman–Crippen MR) is 35.4 cm³/mol. The van der Waals surface area contributed by atoms with Crippen LogP contribution in [0.5, 0.6) is 0 Å². The van der Waals surface area contributed by atoms with Crippen LogP contribution in [0.1, 0.15) is 13.3 Å². The molecule has 0 aromatic rings. The third-order valence-corrected chi connectivity index (χ3v) is 1.21. The van der Waals surface area contributed by atoms with Gasteiger partial charge in [-0.05, 0) is 6.42 Å². The Kier molecular flexibility index (Phi) is 1.82. The number of rotatable bonds is 2. The van der Waals surface area contributed by atoms with Gasteiger partial charge in [-0.2, -0.15) is 0 Å². The summed E-state index contributed by atoms with van der Waals surface area (Å²) in [6, 6.07) is 0. The second-order valence-electron chi connectivity index (χ2n) is 2.11. The molecule has 50 valence electrons. The van der Waals surface area contributed by atoms with Crippen LogP contribution in [-0.2, 0) is 4.79 Å². The minimum absolute atomic E-state index is 0.0246. The van der Waals surface area contributed by atoms with Crippen molar-refractivity contribution in [2.45, 2.75) is 13.3 Å². The first-order valence-electron chi connectivity index (χ1n) is 3.14. The summed E-state index contributed by atoms with van der Waals surface area (Å²) in [5, 5.41) is 0. The van der Waals surface area contributed by atoms with Gasteiger partial charge >= 0.3 is 0 Å². The largest absolute Gasteiger partial charge is 0.353 e. The van der Waals surface area contributed by atoms with Gasteiger partial charge in [0.25, 0.3) is 5.91 Å². The summed E-state index contributed by atoms with van der Waals surface area (Å²) < 4.78 is 0. The second kappa shape index (κ2) is 2.62. The maximum absolute atomic E-state index is 10.5. The molecule has 0 atom stereocenters. The van der Waals surface area contributed by atoms with Gasteiger partial charge in [-0.15, -0.1) is 0 Å². The molecule has 1 amide bonds. The van der Waals surface area contributed by atoms with Crippen LogP contribution < -0.4 is 0 Å². The van der Waals surface area contributed by atoms with Crippen LogP contribution in [0.3, 0.4) is 0 Å². The molecule has 0 bridgehead atoms. The van der Waals surface area contributed by atoms with Crippen molar-refractivity contribution in [2.24, 2.45) is 4.99 Å². The van der Waals surface area contributed by atoms with Crippen molar-refractivity contribution in [1.29, 1.82) is 0 Å². The van der Waals surface area contributed by atoms with E-state index >= 15 is 0 Å². The summed E-state index contributed by atoms with van der Waals surface area (Å²) in [5.41, 5.74) is 0. The van der Waals surface area contributed by atoms with E-state index in [9.17, 15) is 4.79 Å². The smallest absolute Gasteiger partial charge is 0.266 e. The zero-order valence-electron chi connectivity index (χ0n) is 5.50. The number of hydrogen-bond donors (Lipinski definition) is 0. The fraction of sp³-hybridized carbons (Fsp3) is 0.667. The molecular formula is C6H10N2O. The third kappa shape index (κ3) is 1.52. The molecule has 0 spiro atoms. The first-order valence-corrected chi connectivity index (χ1v) is 3.14. The van der Waals surface area contributed by atoms with Gasteiger partial charge in [0.2, 0.25) is 0 Å². The minimum atomic E-state index is -0.0246. The molecule has 1 aliphatic rings. The summed E-state index contributed by atoms with van der Waals surface area (Å²) in [6.07, 6.45) is 2.69. The van der Waals surface area contributed by atoms with Gasteiger partial charge in [0.05, 0.1) is 6.34 Å². The lowest BCUT2D eigenvalue weighted by Gasteiger charge is -2.08. The van der Waals surface area contributed by atoms with Crippen molar-refractivity contribution < 1.29 is 4.79 Å². The van der Waals surface area contributed by atoms with E-state index in [2.05, 4.69) is 11.9 Å². The highest BCUT2D eigenvalue weighted by Gasteiger charge is 2.10. The number of carbonyl (C=O) groups is 1. The highest BCUT2D eigenvalue weighted by molar-refractivity contribution is 5.91. The molecule has 0 unspecified atom stereocenters. The van der Waals surface area contributed by atoms with E-state index in [-0.39, 0.29) is 5.91 Å². The van der Waals surface area contributed by atoms with Crippen molar-refractivity contribution in [3.8, 4) is 0 Å². The van der Waals surface area contributed by atoms with Gasteiger partial charge in [-0.3, -0.25) is 4.79 Å². The lowest BCUT2D eigenvalue weighted by atomic mass is 10.4. The summed E-state index contributed by atoms with van der Waals surface area (Å²) in [7, 11) is 0.